The first-order valence-electron chi connectivity index (χ1n) is 6.23. The van der Waals surface area contributed by atoms with Gasteiger partial charge in [0.05, 0.1) is 6.10 Å². The van der Waals surface area contributed by atoms with Gasteiger partial charge in [0.1, 0.15) is 11.5 Å². The maximum absolute atomic E-state index is 12.4. The lowest BCUT2D eigenvalue weighted by Crippen LogP contribution is -2.45. The summed E-state index contributed by atoms with van der Waals surface area (Å²) in [4.78, 5) is 12.4. The van der Waals surface area contributed by atoms with Crippen LogP contribution in [0.4, 0.5) is 0 Å². The van der Waals surface area contributed by atoms with Gasteiger partial charge in [-0.25, -0.2) is 0 Å². The van der Waals surface area contributed by atoms with Crippen molar-refractivity contribution in [3.8, 4) is 0 Å². The van der Waals surface area contributed by atoms with Gasteiger partial charge < -0.3 is 9.52 Å². The minimum Gasteiger partial charge on any atom is -0.466 e. The molecule has 0 fully saturated rings. The van der Waals surface area contributed by atoms with Gasteiger partial charge in [-0.15, -0.1) is 0 Å². The zero-order chi connectivity index (χ0) is 12.8. The molecule has 1 aromatic heterocycles. The Labute approximate surface area is 101 Å². The molecular formula is C14H20O3. The van der Waals surface area contributed by atoms with Crippen LogP contribution < -0.4 is 5.43 Å². The summed E-state index contributed by atoms with van der Waals surface area (Å²) in [7, 11) is 0. The number of hydrogen-bond donors (Lipinski definition) is 1. The summed E-state index contributed by atoms with van der Waals surface area (Å²) in [6.07, 6.45) is 1.62. The van der Waals surface area contributed by atoms with Crippen LogP contribution in [0.3, 0.4) is 0 Å². The molecule has 0 aliphatic heterocycles. The van der Waals surface area contributed by atoms with Gasteiger partial charge in [0.25, 0.3) is 0 Å². The van der Waals surface area contributed by atoms with Gasteiger partial charge in [-0.2, -0.15) is 0 Å². The first kappa shape index (κ1) is 12.4. The molecule has 94 valence electrons. The van der Waals surface area contributed by atoms with Crippen molar-refractivity contribution in [2.45, 2.75) is 58.5 Å². The average molecular weight is 236 g/mol. The molecule has 1 aliphatic carbocycles. The van der Waals surface area contributed by atoms with Crippen molar-refractivity contribution in [1.82, 2.24) is 0 Å². The third kappa shape index (κ3) is 1.64. The van der Waals surface area contributed by atoms with E-state index in [1.807, 2.05) is 20.8 Å². The van der Waals surface area contributed by atoms with Crippen LogP contribution in [0.2, 0.25) is 0 Å². The van der Waals surface area contributed by atoms with Crippen LogP contribution in [0.25, 0.3) is 0 Å². The van der Waals surface area contributed by atoms with Gasteiger partial charge >= 0.3 is 0 Å². The highest BCUT2D eigenvalue weighted by Crippen LogP contribution is 2.38. The van der Waals surface area contributed by atoms with Crippen LogP contribution in [0.5, 0.6) is 0 Å². The first-order valence-corrected chi connectivity index (χ1v) is 6.23. The summed E-state index contributed by atoms with van der Waals surface area (Å²) in [6.45, 7) is 7.58. The van der Waals surface area contributed by atoms with Crippen molar-refractivity contribution in [3.05, 3.63) is 32.9 Å². The number of aliphatic hydroxyl groups excluding tert-OH is 1. The largest absolute Gasteiger partial charge is 0.466 e. The van der Waals surface area contributed by atoms with E-state index in [1.54, 1.807) is 6.92 Å². The predicted molar refractivity (Wildman–Crippen MR) is 66.4 cm³/mol. The predicted octanol–water partition coefficient (Wildman–Crippen LogP) is 2.23. The molecule has 0 radical (unpaired) electrons. The Kier molecular flexibility index (Phi) is 2.90. The molecule has 0 aromatic carbocycles. The van der Waals surface area contributed by atoms with Crippen molar-refractivity contribution in [2.75, 3.05) is 0 Å². The maximum atomic E-state index is 12.4. The third-order valence-corrected chi connectivity index (χ3v) is 4.34. The van der Waals surface area contributed by atoms with Gasteiger partial charge in [0.15, 0.2) is 5.43 Å². The fourth-order valence-corrected chi connectivity index (χ4v) is 2.71. The van der Waals surface area contributed by atoms with E-state index >= 15 is 0 Å². The molecule has 2 unspecified atom stereocenters. The lowest BCUT2D eigenvalue weighted by atomic mass is 9.69. The SMILES string of the molecule is CCC1(C)c2c(oc(C)c(C)c2=O)CCC1O. The second-order valence-corrected chi connectivity index (χ2v) is 5.24. The zero-order valence-corrected chi connectivity index (χ0v) is 11.0. The number of hydrogen-bond acceptors (Lipinski definition) is 3. The fourth-order valence-electron chi connectivity index (χ4n) is 2.71. The van der Waals surface area contributed by atoms with Gasteiger partial charge in [0, 0.05) is 23.0 Å². The molecule has 0 spiro atoms. The summed E-state index contributed by atoms with van der Waals surface area (Å²) in [5.74, 6) is 1.47. The Morgan fingerprint density at radius 2 is 2.12 bits per heavy atom. The monoisotopic (exact) mass is 236 g/mol. The summed E-state index contributed by atoms with van der Waals surface area (Å²) < 4.78 is 5.75. The highest BCUT2D eigenvalue weighted by molar-refractivity contribution is 5.36. The molecule has 0 amide bonds. The zero-order valence-electron chi connectivity index (χ0n) is 11.0. The maximum Gasteiger partial charge on any atom is 0.192 e. The van der Waals surface area contributed by atoms with E-state index in [0.717, 1.165) is 12.2 Å². The Morgan fingerprint density at radius 3 is 2.71 bits per heavy atom. The topological polar surface area (TPSA) is 50.4 Å². The van der Waals surface area contributed by atoms with Crippen molar-refractivity contribution in [2.24, 2.45) is 0 Å². The Hall–Kier alpha value is -1.09. The highest BCUT2D eigenvalue weighted by Gasteiger charge is 2.41. The van der Waals surface area contributed by atoms with E-state index < -0.39 is 11.5 Å². The van der Waals surface area contributed by atoms with E-state index in [1.165, 1.54) is 0 Å². The van der Waals surface area contributed by atoms with Gasteiger partial charge in [-0.1, -0.05) is 13.8 Å². The molecule has 17 heavy (non-hydrogen) atoms. The van der Waals surface area contributed by atoms with Gasteiger partial charge in [-0.3, -0.25) is 4.79 Å². The molecule has 1 N–H and O–H groups in total. The molecule has 0 bridgehead atoms. The molecule has 1 heterocycles. The molecule has 0 saturated heterocycles. The summed E-state index contributed by atoms with van der Waals surface area (Å²) in [6, 6.07) is 0. The molecule has 1 aromatic rings. The molecule has 2 atom stereocenters. The Balaban J connectivity index is 2.76. The second-order valence-electron chi connectivity index (χ2n) is 5.24. The Bertz CT molecular complexity index is 501. The molecule has 0 saturated carbocycles. The number of rotatable bonds is 1. The first-order chi connectivity index (χ1) is 7.91. The number of aliphatic hydroxyl groups is 1. The van der Waals surface area contributed by atoms with E-state index in [-0.39, 0.29) is 5.43 Å². The van der Waals surface area contributed by atoms with Crippen LogP contribution in [0, 0.1) is 13.8 Å². The number of aryl methyl sites for hydroxylation is 2. The van der Waals surface area contributed by atoms with Crippen LogP contribution in [0.15, 0.2) is 9.21 Å². The molecule has 1 aliphatic rings. The highest BCUT2D eigenvalue weighted by atomic mass is 16.3. The van der Waals surface area contributed by atoms with Crippen molar-refractivity contribution in [3.63, 3.8) is 0 Å². The molecule has 3 nitrogen and oxygen atoms in total. The summed E-state index contributed by atoms with van der Waals surface area (Å²) in [5.41, 5.74) is 0.943. The standard InChI is InChI=1S/C14H20O3/c1-5-14(4)11(15)7-6-10-12(14)13(16)8(2)9(3)17-10/h11,15H,5-7H2,1-4H3. The van der Waals surface area contributed by atoms with Crippen molar-refractivity contribution < 1.29 is 9.52 Å². The van der Waals surface area contributed by atoms with Crippen LogP contribution in [-0.4, -0.2) is 11.2 Å². The van der Waals surface area contributed by atoms with Crippen molar-refractivity contribution >= 4 is 0 Å². The molecule has 3 heteroatoms. The van der Waals surface area contributed by atoms with Crippen LogP contribution in [-0.2, 0) is 11.8 Å². The van der Waals surface area contributed by atoms with Crippen LogP contribution in [0.1, 0.15) is 49.3 Å². The minimum absolute atomic E-state index is 0.0480. The summed E-state index contributed by atoms with van der Waals surface area (Å²) >= 11 is 0. The summed E-state index contributed by atoms with van der Waals surface area (Å²) in [5, 5.41) is 10.2. The normalized spacial score (nSPS) is 27.9. The lowest BCUT2D eigenvalue weighted by Gasteiger charge is -2.38. The molecule has 2 rings (SSSR count). The minimum atomic E-state index is -0.466. The molecular weight excluding hydrogens is 216 g/mol. The average Bonchev–Trinajstić information content (AvgIpc) is 2.31. The second kappa shape index (κ2) is 3.98. The van der Waals surface area contributed by atoms with Gasteiger partial charge in [0.2, 0.25) is 0 Å². The van der Waals surface area contributed by atoms with E-state index in [0.29, 0.717) is 29.7 Å². The lowest BCUT2D eigenvalue weighted by molar-refractivity contribution is 0.0639. The Morgan fingerprint density at radius 1 is 1.47 bits per heavy atom. The van der Waals surface area contributed by atoms with E-state index in [9.17, 15) is 9.90 Å². The quantitative estimate of drug-likeness (QED) is 0.813. The third-order valence-electron chi connectivity index (χ3n) is 4.34. The smallest absolute Gasteiger partial charge is 0.192 e. The van der Waals surface area contributed by atoms with Gasteiger partial charge in [-0.05, 0) is 26.7 Å². The van der Waals surface area contributed by atoms with E-state index in [2.05, 4.69) is 0 Å². The van der Waals surface area contributed by atoms with E-state index in [4.69, 9.17) is 4.42 Å². The van der Waals surface area contributed by atoms with Crippen LogP contribution >= 0.6 is 0 Å². The van der Waals surface area contributed by atoms with Crippen molar-refractivity contribution in [1.29, 1.82) is 0 Å². The number of fused-ring (bicyclic) bond motifs is 1. The fraction of sp³-hybridized carbons (Fsp3) is 0.643.